The Bertz CT molecular complexity index is 366. The molecule has 0 spiro atoms. The maximum Gasteiger partial charge on any atom is 0.411 e. The lowest BCUT2D eigenvalue weighted by Crippen LogP contribution is -2.19. The van der Waals surface area contributed by atoms with Gasteiger partial charge in [-0.25, -0.2) is 0 Å². The van der Waals surface area contributed by atoms with E-state index in [1.165, 1.54) is 0 Å². The van der Waals surface area contributed by atoms with Gasteiger partial charge in [0.15, 0.2) is 0 Å². The highest BCUT2D eigenvalue weighted by atomic mass is 79.9. The Morgan fingerprint density at radius 3 is 2.53 bits per heavy atom. The molecule has 0 radical (unpaired) electrons. The average molecular weight is 313 g/mol. The summed E-state index contributed by atoms with van der Waals surface area (Å²) in [5, 5.41) is 0. The number of hydrogen-bond acceptors (Lipinski definition) is 2. The predicted octanol–water partition coefficient (Wildman–Crippen LogP) is 3.72. The minimum Gasteiger partial charge on any atom is -0.490 e. The quantitative estimate of drug-likeness (QED) is 0.772. The van der Waals surface area contributed by atoms with E-state index in [0.717, 1.165) is 10.0 Å². The van der Waals surface area contributed by atoms with E-state index in [4.69, 9.17) is 4.74 Å². The van der Waals surface area contributed by atoms with E-state index in [1.54, 1.807) is 6.07 Å². The van der Waals surface area contributed by atoms with Gasteiger partial charge in [0.2, 0.25) is 0 Å². The van der Waals surface area contributed by atoms with Crippen LogP contribution in [0.25, 0.3) is 0 Å². The summed E-state index contributed by atoms with van der Waals surface area (Å²) in [6, 6.07) is 5.48. The third-order valence-electron chi connectivity index (χ3n) is 1.84. The summed E-state index contributed by atoms with van der Waals surface area (Å²) in [5.41, 5.74) is 1.07. The van der Waals surface area contributed by atoms with Crippen molar-refractivity contribution in [2.45, 2.75) is 13.1 Å². The van der Waals surface area contributed by atoms with Crippen LogP contribution in [0.2, 0.25) is 0 Å². The third kappa shape index (κ3) is 5.93. The van der Waals surface area contributed by atoms with E-state index < -0.39 is 12.8 Å². The summed E-state index contributed by atoms with van der Waals surface area (Å²) in [5.74, 6) is 0.589. The zero-order chi connectivity index (χ0) is 12.9. The number of rotatable bonds is 5. The molecule has 0 aromatic heterocycles. The molecule has 0 aliphatic rings. The molecule has 0 saturated heterocycles. The highest BCUT2D eigenvalue weighted by molar-refractivity contribution is 9.10. The van der Waals surface area contributed by atoms with Crippen LogP contribution in [0.3, 0.4) is 0 Å². The van der Waals surface area contributed by atoms with Crippen LogP contribution in [0.15, 0.2) is 22.7 Å². The van der Waals surface area contributed by atoms with Crippen LogP contribution < -0.4 is 4.74 Å². The van der Waals surface area contributed by atoms with Crippen molar-refractivity contribution in [3.8, 4) is 5.75 Å². The molecule has 1 aromatic carbocycles. The molecule has 1 rings (SSSR count). The van der Waals surface area contributed by atoms with Gasteiger partial charge >= 0.3 is 6.18 Å². The Morgan fingerprint density at radius 1 is 1.24 bits per heavy atom. The second-order valence-electron chi connectivity index (χ2n) is 3.45. The van der Waals surface area contributed by atoms with Crippen LogP contribution in [0.5, 0.6) is 5.75 Å². The summed E-state index contributed by atoms with van der Waals surface area (Å²) in [7, 11) is 0. The van der Waals surface area contributed by atoms with Crippen molar-refractivity contribution < 1.29 is 22.6 Å². The summed E-state index contributed by atoms with van der Waals surface area (Å²) >= 11 is 3.30. The first-order valence-corrected chi connectivity index (χ1v) is 5.71. The van der Waals surface area contributed by atoms with Crippen molar-refractivity contribution in [1.29, 1.82) is 0 Å². The lowest BCUT2D eigenvalue weighted by molar-refractivity contribution is -0.175. The lowest BCUT2D eigenvalue weighted by Gasteiger charge is -2.10. The zero-order valence-electron chi connectivity index (χ0n) is 9.18. The van der Waals surface area contributed by atoms with Crippen LogP contribution in [0.4, 0.5) is 13.2 Å². The number of hydrogen-bond donors (Lipinski definition) is 0. The van der Waals surface area contributed by atoms with E-state index in [0.29, 0.717) is 5.75 Å². The van der Waals surface area contributed by atoms with Gasteiger partial charge in [0.05, 0.1) is 11.1 Å². The SMILES string of the molecule is Cc1ccc(OCCOCC(F)(F)F)c(Br)c1. The molecule has 0 fully saturated rings. The molecule has 2 nitrogen and oxygen atoms in total. The van der Waals surface area contributed by atoms with Crippen LogP contribution in [0.1, 0.15) is 5.56 Å². The number of halogens is 4. The molecule has 0 bridgehead atoms. The summed E-state index contributed by atoms with van der Waals surface area (Å²) in [6.07, 6.45) is -4.29. The monoisotopic (exact) mass is 312 g/mol. The first-order valence-electron chi connectivity index (χ1n) is 4.92. The van der Waals surface area contributed by atoms with Crippen molar-refractivity contribution in [3.63, 3.8) is 0 Å². The van der Waals surface area contributed by atoms with Crippen molar-refractivity contribution in [1.82, 2.24) is 0 Å². The molecule has 0 heterocycles. The van der Waals surface area contributed by atoms with Crippen molar-refractivity contribution >= 4 is 15.9 Å². The Balaban J connectivity index is 2.27. The minimum atomic E-state index is -4.29. The van der Waals surface area contributed by atoms with Crippen LogP contribution in [-0.2, 0) is 4.74 Å². The fraction of sp³-hybridized carbons (Fsp3) is 0.455. The van der Waals surface area contributed by atoms with Crippen molar-refractivity contribution in [2.24, 2.45) is 0 Å². The number of ether oxygens (including phenoxy) is 2. The fourth-order valence-electron chi connectivity index (χ4n) is 1.12. The number of aryl methyl sites for hydroxylation is 1. The Morgan fingerprint density at radius 2 is 1.94 bits per heavy atom. The van der Waals surface area contributed by atoms with Crippen LogP contribution in [0, 0.1) is 6.92 Å². The number of benzene rings is 1. The van der Waals surface area contributed by atoms with Gasteiger partial charge in [-0.2, -0.15) is 13.2 Å². The van der Waals surface area contributed by atoms with E-state index in [1.807, 2.05) is 19.1 Å². The highest BCUT2D eigenvalue weighted by Crippen LogP contribution is 2.25. The fourth-order valence-corrected chi connectivity index (χ4v) is 1.73. The molecular weight excluding hydrogens is 301 g/mol. The first-order chi connectivity index (χ1) is 7.88. The topological polar surface area (TPSA) is 18.5 Å². The molecule has 0 N–H and O–H groups in total. The molecule has 6 heteroatoms. The molecule has 96 valence electrons. The molecule has 0 saturated carbocycles. The van der Waals surface area contributed by atoms with Gasteiger partial charge in [-0.05, 0) is 40.5 Å². The predicted molar refractivity (Wildman–Crippen MR) is 61.2 cm³/mol. The molecule has 0 aliphatic heterocycles. The van der Waals surface area contributed by atoms with Gasteiger partial charge < -0.3 is 9.47 Å². The largest absolute Gasteiger partial charge is 0.490 e. The molecule has 0 aliphatic carbocycles. The molecule has 0 atom stereocenters. The molecule has 17 heavy (non-hydrogen) atoms. The zero-order valence-corrected chi connectivity index (χ0v) is 10.8. The molecular formula is C11H12BrF3O2. The van der Waals surface area contributed by atoms with Crippen LogP contribution >= 0.6 is 15.9 Å². The Kier molecular flexibility index (Phi) is 5.27. The van der Waals surface area contributed by atoms with Gasteiger partial charge in [0.25, 0.3) is 0 Å². The van der Waals surface area contributed by atoms with E-state index in [2.05, 4.69) is 20.7 Å². The Hall–Kier alpha value is -0.750. The average Bonchev–Trinajstić information content (AvgIpc) is 2.18. The second kappa shape index (κ2) is 6.26. The minimum absolute atomic E-state index is 0.0811. The molecule has 1 aromatic rings. The van der Waals surface area contributed by atoms with Gasteiger partial charge in [-0.1, -0.05) is 6.07 Å². The van der Waals surface area contributed by atoms with E-state index >= 15 is 0 Å². The summed E-state index contributed by atoms with van der Waals surface area (Å²) in [4.78, 5) is 0. The van der Waals surface area contributed by atoms with Gasteiger partial charge in [-0.3, -0.25) is 0 Å². The van der Waals surface area contributed by atoms with E-state index in [-0.39, 0.29) is 13.2 Å². The van der Waals surface area contributed by atoms with Crippen LogP contribution in [-0.4, -0.2) is 26.0 Å². The van der Waals surface area contributed by atoms with Gasteiger partial charge in [0.1, 0.15) is 19.0 Å². The maximum atomic E-state index is 11.7. The van der Waals surface area contributed by atoms with Gasteiger partial charge in [0, 0.05) is 0 Å². The van der Waals surface area contributed by atoms with Crippen molar-refractivity contribution in [2.75, 3.05) is 19.8 Å². The van der Waals surface area contributed by atoms with Gasteiger partial charge in [-0.15, -0.1) is 0 Å². The number of alkyl halides is 3. The molecule has 0 unspecified atom stereocenters. The summed E-state index contributed by atoms with van der Waals surface area (Å²) in [6.45, 7) is 0.671. The van der Waals surface area contributed by atoms with E-state index in [9.17, 15) is 13.2 Å². The highest BCUT2D eigenvalue weighted by Gasteiger charge is 2.27. The normalized spacial score (nSPS) is 11.6. The second-order valence-corrected chi connectivity index (χ2v) is 4.30. The smallest absolute Gasteiger partial charge is 0.411 e. The Labute approximate surface area is 106 Å². The summed E-state index contributed by atoms with van der Waals surface area (Å²) < 4.78 is 45.7. The van der Waals surface area contributed by atoms with Crippen molar-refractivity contribution in [3.05, 3.63) is 28.2 Å². The first kappa shape index (κ1) is 14.3. The maximum absolute atomic E-state index is 11.7. The lowest BCUT2D eigenvalue weighted by atomic mass is 10.2. The third-order valence-corrected chi connectivity index (χ3v) is 2.46. The molecule has 0 amide bonds. The standard InChI is InChI=1S/C11H12BrF3O2/c1-8-2-3-10(9(12)6-8)17-5-4-16-7-11(13,14)15/h2-3,6H,4-5,7H2,1H3.